The predicted octanol–water partition coefficient (Wildman–Crippen LogP) is 1.12. The van der Waals surface area contributed by atoms with Crippen LogP contribution in [0.3, 0.4) is 0 Å². The zero-order valence-electron chi connectivity index (χ0n) is 15.2. The van der Waals surface area contributed by atoms with Gasteiger partial charge in [-0.1, -0.05) is 23.7 Å². The molecule has 1 aromatic carbocycles. The van der Waals surface area contributed by atoms with Gasteiger partial charge in [0.15, 0.2) is 5.49 Å². The van der Waals surface area contributed by atoms with Gasteiger partial charge in [0.05, 0.1) is 30.0 Å². The number of rotatable bonds is 3. The third-order valence-corrected chi connectivity index (χ3v) is 5.88. The van der Waals surface area contributed by atoms with Gasteiger partial charge in [0.2, 0.25) is 0 Å². The number of nitrogens with zero attached hydrogens (tertiary/aromatic N) is 3. The summed E-state index contributed by atoms with van der Waals surface area (Å²) in [6.07, 6.45) is -1.16. The molecule has 6 N–H and O–H groups in total. The number of H-pyrrole nitrogens is 1. The average molecular weight is 404 g/mol. The van der Waals surface area contributed by atoms with E-state index in [1.54, 1.807) is 24.3 Å². The highest BCUT2D eigenvalue weighted by Gasteiger charge is 2.46. The summed E-state index contributed by atoms with van der Waals surface area (Å²) in [5.41, 5.74) is 2.60. The summed E-state index contributed by atoms with van der Waals surface area (Å²) in [6, 6.07) is 8.29. The van der Waals surface area contributed by atoms with E-state index in [2.05, 4.69) is 15.1 Å². The summed E-state index contributed by atoms with van der Waals surface area (Å²) in [5.74, 6) is 4.89. The molecule has 1 unspecified atom stereocenters. The third kappa shape index (κ3) is 2.98. The summed E-state index contributed by atoms with van der Waals surface area (Å²) in [7, 11) is 0. The second-order valence-electron chi connectivity index (χ2n) is 7.22. The Labute approximate surface area is 165 Å². The van der Waals surface area contributed by atoms with Crippen molar-refractivity contribution < 1.29 is 15.3 Å². The van der Waals surface area contributed by atoms with E-state index in [4.69, 9.17) is 17.4 Å². The number of aliphatic hydroxyl groups excluding tert-OH is 3. The molecule has 3 aromatic rings. The minimum absolute atomic E-state index is 0.390. The number of aromatic amines is 1. The fourth-order valence-electron chi connectivity index (χ4n) is 4.24. The summed E-state index contributed by atoms with van der Waals surface area (Å²) >= 11 is 5.92. The van der Waals surface area contributed by atoms with E-state index in [0.717, 1.165) is 11.1 Å². The molecule has 0 bridgehead atoms. The van der Waals surface area contributed by atoms with Crippen LogP contribution in [0.4, 0.5) is 0 Å². The van der Waals surface area contributed by atoms with Crippen molar-refractivity contribution in [1.82, 2.24) is 14.5 Å². The van der Waals surface area contributed by atoms with E-state index < -0.39 is 30.3 Å². The first-order valence-electron chi connectivity index (χ1n) is 9.01. The largest absolute Gasteiger partial charge is 0.390 e. The third-order valence-electron chi connectivity index (χ3n) is 5.63. The molecule has 0 amide bonds. The van der Waals surface area contributed by atoms with Crippen LogP contribution in [-0.2, 0) is 0 Å². The number of nitrogens with one attached hydrogen (secondary N) is 1. The maximum absolute atomic E-state index is 10.8. The molecule has 4 rings (SSSR count). The Hall–Kier alpha value is -2.39. The highest BCUT2D eigenvalue weighted by atomic mass is 35.5. The second-order valence-corrected chi connectivity index (χ2v) is 7.65. The van der Waals surface area contributed by atoms with Crippen LogP contribution in [-0.4, -0.2) is 42.1 Å². The Kier molecular flexibility index (Phi) is 4.88. The van der Waals surface area contributed by atoms with Crippen LogP contribution in [0.1, 0.15) is 29.8 Å². The Morgan fingerprint density at radius 3 is 2.68 bits per heavy atom. The molecule has 8 nitrogen and oxygen atoms in total. The number of hydrogen-bond donors (Lipinski definition) is 5. The summed E-state index contributed by atoms with van der Waals surface area (Å²) < 4.78 is 1.91. The molecule has 1 aliphatic carbocycles. The summed E-state index contributed by atoms with van der Waals surface area (Å²) in [4.78, 5) is 7.18. The van der Waals surface area contributed by atoms with Gasteiger partial charge in [-0.05, 0) is 37.1 Å². The van der Waals surface area contributed by atoms with E-state index in [1.807, 2.05) is 17.6 Å². The smallest absolute Gasteiger partial charge is 0.183 e. The van der Waals surface area contributed by atoms with Crippen molar-refractivity contribution >= 4 is 22.6 Å². The maximum Gasteiger partial charge on any atom is 0.183 e. The van der Waals surface area contributed by atoms with Crippen LogP contribution >= 0.6 is 11.6 Å². The zero-order valence-corrected chi connectivity index (χ0v) is 16.0. The van der Waals surface area contributed by atoms with Gasteiger partial charge in [0.25, 0.3) is 0 Å². The number of nitrogens with two attached hydrogens (primary N) is 1. The molecule has 0 aliphatic heterocycles. The lowest BCUT2D eigenvalue weighted by Crippen LogP contribution is -2.31. The second kappa shape index (κ2) is 7.21. The standard InChI is InChI=1S/C19H22ClN5O3/c1-9-6-13-18(24-21)22-8-23-19(13)25(9)14-7-12(16(27)17(14)28)15(26)10-2-4-11(20)5-3-10/h2-6,8,12,14-17,26-28H,7,21H2,1H3,(H,22,23,24)/t12?,14-,15-,16-,17+/m1/s1. The van der Waals surface area contributed by atoms with Crippen LogP contribution in [0.25, 0.3) is 11.0 Å². The first-order chi connectivity index (χ1) is 13.4. The van der Waals surface area contributed by atoms with Crippen molar-refractivity contribution in [1.29, 1.82) is 0 Å². The van der Waals surface area contributed by atoms with Crippen LogP contribution in [0.5, 0.6) is 0 Å². The Morgan fingerprint density at radius 2 is 2.00 bits per heavy atom. The van der Waals surface area contributed by atoms with Gasteiger partial charge in [-0.25, -0.2) is 4.98 Å². The number of benzene rings is 1. The van der Waals surface area contributed by atoms with Gasteiger partial charge in [0, 0.05) is 16.6 Å². The summed E-state index contributed by atoms with van der Waals surface area (Å²) in [6.45, 7) is 1.90. The molecule has 148 valence electrons. The number of halogens is 1. The predicted molar refractivity (Wildman–Crippen MR) is 104 cm³/mol. The van der Waals surface area contributed by atoms with Crippen molar-refractivity contribution in [3.05, 3.63) is 58.4 Å². The maximum atomic E-state index is 10.8. The summed E-state index contributed by atoms with van der Waals surface area (Å²) in [5, 5.41) is 37.2. The van der Waals surface area contributed by atoms with Gasteiger partial charge in [-0.3, -0.25) is 0 Å². The lowest BCUT2D eigenvalue weighted by molar-refractivity contribution is -0.0265. The van der Waals surface area contributed by atoms with Crippen molar-refractivity contribution in [2.45, 2.75) is 37.7 Å². The molecule has 0 saturated heterocycles. The zero-order chi connectivity index (χ0) is 20.0. The van der Waals surface area contributed by atoms with Gasteiger partial charge in [0.1, 0.15) is 11.8 Å². The van der Waals surface area contributed by atoms with E-state index in [1.165, 1.54) is 6.33 Å². The van der Waals surface area contributed by atoms with E-state index in [0.29, 0.717) is 28.1 Å². The van der Waals surface area contributed by atoms with Gasteiger partial charge in [-0.15, -0.1) is 0 Å². The van der Waals surface area contributed by atoms with Crippen molar-refractivity contribution in [2.24, 2.45) is 16.9 Å². The lowest BCUT2D eigenvalue weighted by Gasteiger charge is -2.22. The molecule has 2 heterocycles. The number of aryl methyl sites for hydroxylation is 1. The normalized spacial score (nSPS) is 26.8. The van der Waals surface area contributed by atoms with Crippen LogP contribution in [0, 0.1) is 12.8 Å². The number of aliphatic hydroxyl groups is 3. The molecular weight excluding hydrogens is 382 g/mol. The van der Waals surface area contributed by atoms with E-state index >= 15 is 0 Å². The molecule has 1 saturated carbocycles. The van der Waals surface area contributed by atoms with Crippen molar-refractivity contribution in [3.8, 4) is 0 Å². The monoisotopic (exact) mass is 403 g/mol. The highest BCUT2D eigenvalue weighted by Crippen LogP contribution is 2.43. The molecule has 1 aliphatic rings. The van der Waals surface area contributed by atoms with E-state index in [-0.39, 0.29) is 0 Å². The van der Waals surface area contributed by atoms with Gasteiger partial charge in [-0.2, -0.15) is 5.10 Å². The Bertz CT molecular complexity index is 1060. The molecular formula is C19H22ClN5O3. The molecule has 28 heavy (non-hydrogen) atoms. The fourth-order valence-corrected chi connectivity index (χ4v) is 4.37. The molecule has 0 radical (unpaired) electrons. The van der Waals surface area contributed by atoms with Gasteiger partial charge >= 0.3 is 0 Å². The first kappa shape index (κ1) is 18.9. The minimum Gasteiger partial charge on any atom is -0.390 e. The highest BCUT2D eigenvalue weighted by molar-refractivity contribution is 6.30. The molecule has 1 fully saturated rings. The first-order valence-corrected chi connectivity index (χ1v) is 9.39. The topological polar surface area (TPSA) is 133 Å². The van der Waals surface area contributed by atoms with Crippen LogP contribution < -0.4 is 11.3 Å². The molecule has 5 atom stereocenters. The number of fused-ring (bicyclic) bond motifs is 1. The minimum atomic E-state index is -1.08. The number of aromatic nitrogens is 3. The van der Waals surface area contributed by atoms with Crippen molar-refractivity contribution in [2.75, 3.05) is 0 Å². The molecule has 9 heteroatoms. The lowest BCUT2D eigenvalue weighted by atomic mass is 9.92. The average Bonchev–Trinajstić information content (AvgIpc) is 3.17. The van der Waals surface area contributed by atoms with E-state index in [9.17, 15) is 15.3 Å². The van der Waals surface area contributed by atoms with Crippen LogP contribution in [0.2, 0.25) is 5.02 Å². The Balaban J connectivity index is 1.72. The number of hydrogen-bond acceptors (Lipinski definition) is 6. The molecule has 2 aromatic heterocycles. The Morgan fingerprint density at radius 1 is 1.29 bits per heavy atom. The van der Waals surface area contributed by atoms with Crippen LogP contribution in [0.15, 0.2) is 41.8 Å². The fraction of sp³-hybridized carbons (Fsp3) is 0.368. The van der Waals surface area contributed by atoms with Crippen molar-refractivity contribution in [3.63, 3.8) is 0 Å². The molecule has 0 spiro atoms. The SMILES string of the molecule is Cc1cc2/c(=N\N)nc[nH]c2n1[C@@H]1CC([C@H](O)c2ccc(Cl)cc2)[C@@H](O)[C@H]1O. The van der Waals surface area contributed by atoms with Gasteiger partial charge < -0.3 is 30.7 Å². The quantitative estimate of drug-likeness (QED) is 0.330.